The molecule has 0 saturated carbocycles. The van der Waals surface area contributed by atoms with Gasteiger partial charge in [-0.1, -0.05) is 6.07 Å². The van der Waals surface area contributed by atoms with Gasteiger partial charge in [0.15, 0.2) is 11.5 Å². The van der Waals surface area contributed by atoms with Crippen LogP contribution in [0.25, 0.3) is 0 Å². The van der Waals surface area contributed by atoms with Gasteiger partial charge in [0.05, 0.1) is 19.9 Å². The maximum Gasteiger partial charge on any atom is 0.253 e. The third-order valence-electron chi connectivity index (χ3n) is 3.81. The van der Waals surface area contributed by atoms with Gasteiger partial charge in [-0.2, -0.15) is 0 Å². The topological polar surface area (TPSA) is 67.9 Å². The smallest absolute Gasteiger partial charge is 0.253 e. The molecule has 1 heterocycles. The quantitative estimate of drug-likeness (QED) is 0.766. The number of hydrogen-bond acceptors (Lipinski definition) is 5. The molecular weight excluding hydrogens is 352 g/mol. The molecule has 26 heavy (non-hydrogen) atoms. The summed E-state index contributed by atoms with van der Waals surface area (Å²) >= 11 is 1.69. The molecule has 6 nitrogen and oxygen atoms in total. The molecule has 1 aromatic heterocycles. The zero-order valence-corrected chi connectivity index (χ0v) is 16.3. The van der Waals surface area contributed by atoms with E-state index in [0.717, 1.165) is 12.8 Å². The van der Waals surface area contributed by atoms with Crippen molar-refractivity contribution in [3.8, 4) is 11.5 Å². The highest BCUT2D eigenvalue weighted by atomic mass is 32.1. The molecule has 0 bridgehead atoms. The van der Waals surface area contributed by atoms with Gasteiger partial charge in [-0.25, -0.2) is 0 Å². The summed E-state index contributed by atoms with van der Waals surface area (Å²) < 4.78 is 10.7. The van der Waals surface area contributed by atoms with Gasteiger partial charge in [-0.15, -0.1) is 11.3 Å². The lowest BCUT2D eigenvalue weighted by atomic mass is 10.1. The number of carbonyl (C=O) groups is 2. The lowest BCUT2D eigenvalue weighted by Gasteiger charge is -2.17. The Labute approximate surface area is 157 Å². The van der Waals surface area contributed by atoms with E-state index in [4.69, 9.17) is 9.47 Å². The predicted octanol–water partition coefficient (Wildman–Crippen LogP) is 3.43. The van der Waals surface area contributed by atoms with Gasteiger partial charge in [0, 0.05) is 31.0 Å². The van der Waals surface area contributed by atoms with Crippen molar-refractivity contribution in [3.63, 3.8) is 0 Å². The Morgan fingerprint density at radius 2 is 1.96 bits per heavy atom. The summed E-state index contributed by atoms with van der Waals surface area (Å²) in [6.07, 6.45) is 2.00. The first-order valence-electron chi connectivity index (χ1n) is 8.26. The molecule has 0 radical (unpaired) electrons. The molecule has 0 saturated heterocycles. The second-order valence-electron chi connectivity index (χ2n) is 5.94. The molecule has 0 fully saturated rings. The van der Waals surface area contributed by atoms with Gasteiger partial charge < -0.3 is 19.7 Å². The predicted molar refractivity (Wildman–Crippen MR) is 103 cm³/mol. The van der Waals surface area contributed by atoms with Crippen LogP contribution < -0.4 is 14.8 Å². The Bertz CT molecular complexity index is 757. The minimum absolute atomic E-state index is 0.128. The van der Waals surface area contributed by atoms with Crippen molar-refractivity contribution in [2.75, 3.05) is 33.6 Å². The van der Waals surface area contributed by atoms with Crippen molar-refractivity contribution in [1.29, 1.82) is 0 Å². The van der Waals surface area contributed by atoms with Crippen molar-refractivity contribution in [2.45, 2.75) is 19.3 Å². The van der Waals surface area contributed by atoms with E-state index in [1.54, 1.807) is 37.6 Å². The van der Waals surface area contributed by atoms with Gasteiger partial charge in [0.25, 0.3) is 5.91 Å². The second-order valence-corrected chi connectivity index (χ2v) is 6.97. The van der Waals surface area contributed by atoms with E-state index in [-0.39, 0.29) is 11.8 Å². The summed E-state index contributed by atoms with van der Waals surface area (Å²) in [5, 5.41) is 4.87. The highest BCUT2D eigenvalue weighted by Crippen LogP contribution is 2.37. The van der Waals surface area contributed by atoms with Crippen LogP contribution in [0.3, 0.4) is 0 Å². The fourth-order valence-electron chi connectivity index (χ4n) is 2.53. The molecule has 0 atom stereocenters. The lowest BCUT2D eigenvalue weighted by Crippen LogP contribution is -2.22. The summed E-state index contributed by atoms with van der Waals surface area (Å²) in [4.78, 5) is 27.3. The Morgan fingerprint density at radius 3 is 2.54 bits per heavy atom. The maximum atomic E-state index is 12.3. The highest BCUT2D eigenvalue weighted by molar-refractivity contribution is 7.09. The van der Waals surface area contributed by atoms with Crippen LogP contribution in [-0.2, 0) is 11.2 Å². The van der Waals surface area contributed by atoms with Gasteiger partial charge in [-0.3, -0.25) is 9.59 Å². The van der Waals surface area contributed by atoms with Crippen LogP contribution >= 0.6 is 11.3 Å². The molecule has 0 spiro atoms. The lowest BCUT2D eigenvalue weighted by molar-refractivity contribution is -0.116. The average molecular weight is 376 g/mol. The number of aryl methyl sites for hydroxylation is 1. The van der Waals surface area contributed by atoms with Crippen molar-refractivity contribution in [3.05, 3.63) is 40.1 Å². The molecule has 0 aliphatic heterocycles. The molecule has 2 rings (SSSR count). The summed E-state index contributed by atoms with van der Waals surface area (Å²) in [5.41, 5.74) is 0.847. The second kappa shape index (κ2) is 9.24. The third-order valence-corrected chi connectivity index (χ3v) is 4.75. The first kappa shape index (κ1) is 19.8. The van der Waals surface area contributed by atoms with E-state index in [1.165, 1.54) is 24.0 Å². The monoisotopic (exact) mass is 376 g/mol. The summed E-state index contributed by atoms with van der Waals surface area (Å²) in [7, 11) is 6.33. The molecule has 140 valence electrons. The standard InChI is InChI=1S/C19H24N2O4S/c1-21(2)19(23)13-11-15(18(25-4)16(12-13)24-3)20-17(22)9-5-7-14-8-6-10-26-14/h6,8,10-12H,5,7,9H2,1-4H3,(H,20,22). The summed E-state index contributed by atoms with van der Waals surface area (Å²) in [6.45, 7) is 0. The zero-order chi connectivity index (χ0) is 19.1. The van der Waals surface area contributed by atoms with Gasteiger partial charge >= 0.3 is 0 Å². The number of carbonyl (C=O) groups excluding carboxylic acids is 2. The highest BCUT2D eigenvalue weighted by Gasteiger charge is 2.18. The number of nitrogens with zero attached hydrogens (tertiary/aromatic N) is 1. The van der Waals surface area contributed by atoms with Gasteiger partial charge in [0.2, 0.25) is 5.91 Å². The summed E-state index contributed by atoms with van der Waals surface area (Å²) in [6, 6.07) is 7.28. The largest absolute Gasteiger partial charge is 0.493 e. The van der Waals surface area contributed by atoms with Crippen molar-refractivity contribution in [2.24, 2.45) is 0 Å². The Hall–Kier alpha value is -2.54. The van der Waals surface area contributed by atoms with Crippen molar-refractivity contribution >= 4 is 28.8 Å². The molecular formula is C19H24N2O4S. The van der Waals surface area contributed by atoms with Crippen LogP contribution in [0.15, 0.2) is 29.6 Å². The number of benzene rings is 1. The van der Waals surface area contributed by atoms with Crippen molar-refractivity contribution < 1.29 is 19.1 Å². The number of rotatable bonds is 8. The normalized spacial score (nSPS) is 10.3. The SMILES string of the molecule is COc1cc(C(=O)N(C)C)cc(NC(=O)CCCc2cccs2)c1OC. The van der Waals surface area contributed by atoms with Crippen LogP contribution in [0.5, 0.6) is 11.5 Å². The molecule has 1 aromatic carbocycles. The Morgan fingerprint density at radius 1 is 1.19 bits per heavy atom. The zero-order valence-electron chi connectivity index (χ0n) is 15.5. The van der Waals surface area contributed by atoms with Gasteiger partial charge in [0.1, 0.15) is 0 Å². The molecule has 0 aliphatic rings. The first-order valence-corrected chi connectivity index (χ1v) is 9.14. The third kappa shape index (κ3) is 4.98. The Balaban J connectivity index is 2.13. The molecule has 7 heteroatoms. The number of ether oxygens (including phenoxy) is 2. The van der Waals surface area contributed by atoms with Crippen molar-refractivity contribution in [1.82, 2.24) is 4.90 Å². The van der Waals surface area contributed by atoms with Crippen LogP contribution in [0.2, 0.25) is 0 Å². The number of hydrogen-bond donors (Lipinski definition) is 1. The van der Waals surface area contributed by atoms with Crippen LogP contribution in [-0.4, -0.2) is 45.0 Å². The fourth-order valence-corrected chi connectivity index (χ4v) is 3.28. The number of amides is 2. The maximum absolute atomic E-state index is 12.3. The Kier molecular flexibility index (Phi) is 7.03. The number of thiophene rings is 1. The van der Waals surface area contributed by atoms with E-state index in [9.17, 15) is 9.59 Å². The summed E-state index contributed by atoms with van der Waals surface area (Å²) in [5.74, 6) is 0.485. The van der Waals surface area contributed by atoms with Crippen LogP contribution in [0.1, 0.15) is 28.1 Å². The van der Waals surface area contributed by atoms with Crippen LogP contribution in [0.4, 0.5) is 5.69 Å². The number of methoxy groups -OCH3 is 2. The van der Waals surface area contributed by atoms with E-state index < -0.39 is 0 Å². The molecule has 2 amide bonds. The van der Waals surface area contributed by atoms with E-state index in [1.807, 2.05) is 11.4 Å². The molecule has 2 aromatic rings. The minimum Gasteiger partial charge on any atom is -0.493 e. The number of anilines is 1. The van der Waals surface area contributed by atoms with Crippen LogP contribution in [0, 0.1) is 0 Å². The average Bonchev–Trinajstić information content (AvgIpc) is 3.13. The van der Waals surface area contributed by atoms with E-state index in [2.05, 4.69) is 11.4 Å². The van der Waals surface area contributed by atoms with Gasteiger partial charge in [-0.05, 0) is 36.4 Å². The molecule has 0 unspecified atom stereocenters. The first-order chi connectivity index (χ1) is 12.5. The van der Waals surface area contributed by atoms with E-state index in [0.29, 0.717) is 29.2 Å². The molecule has 0 aliphatic carbocycles. The molecule has 1 N–H and O–H groups in total. The fraction of sp³-hybridized carbons (Fsp3) is 0.368. The number of nitrogens with one attached hydrogen (secondary N) is 1. The minimum atomic E-state index is -0.181. The van der Waals surface area contributed by atoms with E-state index >= 15 is 0 Å².